The molecule has 0 saturated heterocycles. The molecular weight excluding hydrogens is 296 g/mol. The summed E-state index contributed by atoms with van der Waals surface area (Å²) in [5, 5.41) is 6.84. The summed E-state index contributed by atoms with van der Waals surface area (Å²) < 4.78 is 0. The van der Waals surface area contributed by atoms with Crippen molar-refractivity contribution < 1.29 is 4.79 Å². The Bertz CT molecular complexity index is 635. The minimum Gasteiger partial charge on any atom is -0.376 e. The molecule has 0 heterocycles. The first kappa shape index (κ1) is 16.4. The Balaban J connectivity index is 1.77. The average molecular weight is 317 g/mol. The van der Waals surface area contributed by atoms with Crippen LogP contribution in [0.4, 0.5) is 5.69 Å². The molecule has 0 bridgehead atoms. The van der Waals surface area contributed by atoms with Gasteiger partial charge in [0.05, 0.1) is 6.54 Å². The first-order chi connectivity index (χ1) is 10.6. The van der Waals surface area contributed by atoms with Crippen LogP contribution in [0, 0.1) is 13.8 Å². The van der Waals surface area contributed by atoms with E-state index in [1.807, 2.05) is 56.3 Å². The van der Waals surface area contributed by atoms with Gasteiger partial charge >= 0.3 is 0 Å². The summed E-state index contributed by atoms with van der Waals surface area (Å²) in [6.45, 7) is 4.95. The highest BCUT2D eigenvalue weighted by atomic mass is 35.5. The highest BCUT2D eigenvalue weighted by Crippen LogP contribution is 2.18. The Hall–Kier alpha value is -2.00. The molecule has 2 aromatic carbocycles. The van der Waals surface area contributed by atoms with Crippen molar-refractivity contribution in [2.24, 2.45) is 0 Å². The molecule has 2 N–H and O–H groups in total. The fourth-order valence-corrected chi connectivity index (χ4v) is 2.58. The van der Waals surface area contributed by atoms with E-state index >= 15 is 0 Å². The van der Waals surface area contributed by atoms with Crippen LogP contribution in [0.15, 0.2) is 42.5 Å². The fraction of sp³-hybridized carbons (Fsp3) is 0.278. The number of hydrogen-bond donors (Lipinski definition) is 2. The third-order valence-corrected chi connectivity index (χ3v) is 3.77. The Kier molecular flexibility index (Phi) is 5.84. The van der Waals surface area contributed by atoms with Crippen molar-refractivity contribution in [3.8, 4) is 0 Å². The molecule has 2 aromatic rings. The SMILES string of the molecule is Cc1cccc(C)c1NCC(=O)NCCc1cccc(Cl)c1. The highest BCUT2D eigenvalue weighted by Gasteiger charge is 2.05. The summed E-state index contributed by atoms with van der Waals surface area (Å²) in [6, 6.07) is 13.8. The number of hydrogen-bond acceptors (Lipinski definition) is 2. The second kappa shape index (κ2) is 7.85. The van der Waals surface area contributed by atoms with Crippen molar-refractivity contribution in [1.29, 1.82) is 0 Å². The summed E-state index contributed by atoms with van der Waals surface area (Å²) in [7, 11) is 0. The molecule has 0 aromatic heterocycles. The number of anilines is 1. The predicted octanol–water partition coefficient (Wildman–Crippen LogP) is 3.73. The van der Waals surface area contributed by atoms with Gasteiger partial charge in [-0.1, -0.05) is 41.9 Å². The number of halogens is 1. The van der Waals surface area contributed by atoms with E-state index in [4.69, 9.17) is 11.6 Å². The summed E-state index contributed by atoms with van der Waals surface area (Å²) in [5.74, 6) is -0.00955. The number of benzene rings is 2. The van der Waals surface area contributed by atoms with Crippen molar-refractivity contribution in [2.75, 3.05) is 18.4 Å². The molecule has 3 nitrogen and oxygen atoms in total. The van der Waals surface area contributed by atoms with E-state index in [0.29, 0.717) is 6.54 Å². The quantitative estimate of drug-likeness (QED) is 0.852. The third-order valence-electron chi connectivity index (χ3n) is 3.53. The fourth-order valence-electron chi connectivity index (χ4n) is 2.36. The van der Waals surface area contributed by atoms with Gasteiger partial charge in [0.1, 0.15) is 0 Å². The summed E-state index contributed by atoms with van der Waals surface area (Å²) in [4.78, 5) is 11.9. The lowest BCUT2D eigenvalue weighted by atomic mass is 10.1. The van der Waals surface area contributed by atoms with Gasteiger partial charge < -0.3 is 10.6 Å². The maximum Gasteiger partial charge on any atom is 0.239 e. The van der Waals surface area contributed by atoms with Gasteiger partial charge in [-0.05, 0) is 49.1 Å². The van der Waals surface area contributed by atoms with Gasteiger partial charge in [0.2, 0.25) is 5.91 Å². The van der Waals surface area contributed by atoms with Crippen LogP contribution in [-0.2, 0) is 11.2 Å². The monoisotopic (exact) mass is 316 g/mol. The second-order valence-corrected chi connectivity index (χ2v) is 5.79. The molecule has 0 saturated carbocycles. The number of aryl methyl sites for hydroxylation is 2. The second-order valence-electron chi connectivity index (χ2n) is 5.35. The van der Waals surface area contributed by atoms with E-state index in [1.165, 1.54) is 0 Å². The lowest BCUT2D eigenvalue weighted by molar-refractivity contribution is -0.119. The molecule has 0 radical (unpaired) electrons. The van der Waals surface area contributed by atoms with Crippen LogP contribution >= 0.6 is 11.6 Å². The van der Waals surface area contributed by atoms with Gasteiger partial charge in [-0.25, -0.2) is 0 Å². The van der Waals surface area contributed by atoms with Crippen LogP contribution in [0.3, 0.4) is 0 Å². The van der Waals surface area contributed by atoms with Gasteiger partial charge in [0, 0.05) is 17.3 Å². The topological polar surface area (TPSA) is 41.1 Å². The Morgan fingerprint density at radius 2 is 1.77 bits per heavy atom. The minimum absolute atomic E-state index is 0.00955. The van der Waals surface area contributed by atoms with Crippen molar-refractivity contribution in [3.63, 3.8) is 0 Å². The van der Waals surface area contributed by atoms with Crippen molar-refractivity contribution >= 4 is 23.2 Å². The van der Waals surface area contributed by atoms with E-state index in [1.54, 1.807) is 0 Å². The lowest BCUT2D eigenvalue weighted by Crippen LogP contribution is -2.31. The van der Waals surface area contributed by atoms with Crippen LogP contribution in [0.25, 0.3) is 0 Å². The first-order valence-electron chi connectivity index (χ1n) is 7.37. The van der Waals surface area contributed by atoms with Gasteiger partial charge in [0.25, 0.3) is 0 Å². The van der Waals surface area contributed by atoms with Gasteiger partial charge in [0.15, 0.2) is 0 Å². The number of amides is 1. The smallest absolute Gasteiger partial charge is 0.239 e. The van der Waals surface area contributed by atoms with E-state index in [0.717, 1.165) is 33.8 Å². The largest absolute Gasteiger partial charge is 0.376 e. The zero-order valence-corrected chi connectivity index (χ0v) is 13.7. The van der Waals surface area contributed by atoms with Crippen LogP contribution in [0.1, 0.15) is 16.7 Å². The molecule has 0 fully saturated rings. The summed E-state index contributed by atoms with van der Waals surface area (Å²) >= 11 is 5.94. The number of rotatable bonds is 6. The number of para-hydroxylation sites is 1. The zero-order valence-electron chi connectivity index (χ0n) is 12.9. The number of carbonyl (C=O) groups excluding carboxylic acids is 1. The first-order valence-corrected chi connectivity index (χ1v) is 7.75. The minimum atomic E-state index is -0.00955. The average Bonchev–Trinajstić information content (AvgIpc) is 2.47. The van der Waals surface area contributed by atoms with E-state index in [-0.39, 0.29) is 12.5 Å². The van der Waals surface area contributed by atoms with Crippen molar-refractivity contribution in [1.82, 2.24) is 5.32 Å². The number of nitrogens with one attached hydrogen (secondary N) is 2. The maximum absolute atomic E-state index is 11.9. The van der Waals surface area contributed by atoms with Crippen LogP contribution in [0.5, 0.6) is 0 Å². The normalized spacial score (nSPS) is 10.3. The molecule has 0 unspecified atom stereocenters. The molecule has 0 atom stereocenters. The molecule has 0 aliphatic carbocycles. The standard InChI is InChI=1S/C18H21ClN2O/c1-13-5-3-6-14(2)18(13)21-12-17(22)20-10-9-15-7-4-8-16(19)11-15/h3-8,11,21H,9-10,12H2,1-2H3,(H,20,22). The Morgan fingerprint density at radius 3 is 2.45 bits per heavy atom. The van der Waals surface area contributed by atoms with Crippen molar-refractivity contribution in [2.45, 2.75) is 20.3 Å². The van der Waals surface area contributed by atoms with E-state index in [9.17, 15) is 4.79 Å². The van der Waals surface area contributed by atoms with E-state index < -0.39 is 0 Å². The lowest BCUT2D eigenvalue weighted by Gasteiger charge is -2.12. The molecular formula is C18H21ClN2O. The third kappa shape index (κ3) is 4.78. The van der Waals surface area contributed by atoms with E-state index in [2.05, 4.69) is 10.6 Å². The molecule has 0 spiro atoms. The molecule has 0 aliphatic heterocycles. The number of carbonyl (C=O) groups is 1. The molecule has 2 rings (SSSR count). The molecule has 1 amide bonds. The van der Waals surface area contributed by atoms with Crippen molar-refractivity contribution in [3.05, 3.63) is 64.2 Å². The molecule has 0 aliphatic rings. The Morgan fingerprint density at radius 1 is 1.09 bits per heavy atom. The van der Waals surface area contributed by atoms with Crippen LogP contribution < -0.4 is 10.6 Å². The Labute approximate surface area is 136 Å². The summed E-state index contributed by atoms with van der Waals surface area (Å²) in [6.07, 6.45) is 0.774. The molecule has 4 heteroatoms. The van der Waals surface area contributed by atoms with Crippen LogP contribution in [0.2, 0.25) is 5.02 Å². The predicted molar refractivity (Wildman–Crippen MR) is 92.6 cm³/mol. The molecule has 116 valence electrons. The van der Waals surface area contributed by atoms with Crippen LogP contribution in [-0.4, -0.2) is 19.0 Å². The van der Waals surface area contributed by atoms with Gasteiger partial charge in [-0.2, -0.15) is 0 Å². The van der Waals surface area contributed by atoms with Gasteiger partial charge in [-0.3, -0.25) is 4.79 Å². The summed E-state index contributed by atoms with van der Waals surface area (Å²) in [5.41, 5.74) is 4.45. The molecule has 22 heavy (non-hydrogen) atoms. The highest BCUT2D eigenvalue weighted by molar-refractivity contribution is 6.30. The zero-order chi connectivity index (χ0) is 15.9. The maximum atomic E-state index is 11.9. The van der Waals surface area contributed by atoms with Gasteiger partial charge in [-0.15, -0.1) is 0 Å².